The highest BCUT2D eigenvalue weighted by molar-refractivity contribution is 5.67. The second kappa shape index (κ2) is 44.7. The maximum absolute atomic E-state index is 7.25. The third-order valence-electron chi connectivity index (χ3n) is 24.1. The number of anilines is 1. The molecule has 2 heterocycles. The molecule has 16 heteroatoms. The normalized spacial score (nSPS) is 12.8. The monoisotopic (exact) mass is 1830 g/mol. The molecule has 16 nitrogen and oxygen atoms in total. The van der Waals surface area contributed by atoms with E-state index in [1.807, 2.05) is 261 Å². The Morgan fingerprint density at radius 2 is 0.377 bits per heavy atom. The lowest BCUT2D eigenvalue weighted by Gasteiger charge is -2.51. The van der Waals surface area contributed by atoms with Crippen LogP contribution < -0.4 is 75.7 Å². The van der Waals surface area contributed by atoms with E-state index in [9.17, 15) is 0 Å². The van der Waals surface area contributed by atoms with Gasteiger partial charge in [0, 0.05) is 59.2 Å². The number of benzene rings is 17. The lowest BCUT2D eigenvalue weighted by Crippen LogP contribution is -2.60. The van der Waals surface area contributed by atoms with Gasteiger partial charge in [-0.1, -0.05) is 266 Å². The summed E-state index contributed by atoms with van der Waals surface area (Å²) in [5.74, 6) is 8.51. The minimum atomic E-state index is 0.102. The van der Waals surface area contributed by atoms with Gasteiger partial charge in [-0.15, -0.1) is 0 Å². The van der Waals surface area contributed by atoms with Crippen LogP contribution in [0.1, 0.15) is 106 Å². The quantitative estimate of drug-likeness (QED) is 0.0335. The highest BCUT2D eigenvalue weighted by Crippen LogP contribution is 2.46. The predicted octanol–water partition coefficient (Wildman–Crippen LogP) is 27.4. The molecule has 2 aliphatic heterocycles. The average molecular weight is 1830 g/mol. The number of nitrogens with zero attached hydrogens (tertiary/aromatic N) is 2. The number of quaternary nitrogens is 1. The molecule has 0 saturated carbocycles. The zero-order valence-corrected chi connectivity index (χ0v) is 77.5. The molecule has 0 amide bonds. The van der Waals surface area contributed by atoms with Gasteiger partial charge in [-0.05, 0) is 201 Å². The minimum absolute atomic E-state index is 0.102. The molecular weight excluding hydrogens is 1720 g/mol. The summed E-state index contributed by atoms with van der Waals surface area (Å²) in [6, 6.07) is 137. The average Bonchev–Trinajstić information content (AvgIpc) is 0.722. The van der Waals surface area contributed by atoms with Crippen molar-refractivity contribution in [3.05, 3.63) is 512 Å². The van der Waals surface area contributed by atoms with E-state index in [1.54, 1.807) is 0 Å². The molecule has 17 aromatic carbocycles. The van der Waals surface area contributed by atoms with Crippen LogP contribution in [0.5, 0.6) is 80.5 Å². The first-order valence-corrected chi connectivity index (χ1v) is 46.8. The van der Waals surface area contributed by atoms with Gasteiger partial charge in [0.05, 0.1) is 12.2 Å². The van der Waals surface area contributed by atoms with Crippen molar-refractivity contribution in [3.63, 3.8) is 0 Å². The summed E-state index contributed by atoms with van der Waals surface area (Å²) in [4.78, 5) is 2.55. The van der Waals surface area contributed by atoms with Gasteiger partial charge >= 0.3 is 0 Å². The predicted molar refractivity (Wildman–Crippen MR) is 540 cm³/mol. The van der Waals surface area contributed by atoms with Crippen LogP contribution in [0, 0.1) is 13.8 Å². The van der Waals surface area contributed by atoms with Crippen molar-refractivity contribution in [3.8, 4) is 80.5 Å². The van der Waals surface area contributed by atoms with Crippen molar-refractivity contribution in [1.29, 1.82) is 0 Å². The van der Waals surface area contributed by atoms with Crippen molar-refractivity contribution in [2.45, 2.75) is 126 Å². The summed E-state index contributed by atoms with van der Waals surface area (Å²) < 4.78 is 95.1. The van der Waals surface area contributed by atoms with Crippen LogP contribution in [0.15, 0.2) is 406 Å². The van der Waals surface area contributed by atoms with Gasteiger partial charge in [0.25, 0.3) is 0 Å². The van der Waals surface area contributed by atoms with E-state index in [2.05, 4.69) is 164 Å². The maximum Gasteiger partial charge on any atom is 0.160 e. The first-order valence-electron chi connectivity index (χ1n) is 46.8. The summed E-state index contributed by atoms with van der Waals surface area (Å²) in [7, 11) is 0. The fourth-order valence-electron chi connectivity index (χ4n) is 17.4. The number of ether oxygens (including phenoxy) is 14. The number of rotatable bonds is 44. The highest BCUT2D eigenvalue weighted by Gasteiger charge is 2.44. The van der Waals surface area contributed by atoms with Gasteiger partial charge in [-0.2, -0.15) is 0 Å². The zero-order chi connectivity index (χ0) is 93.3. The second-order valence-electron chi connectivity index (χ2n) is 35.2. The van der Waals surface area contributed by atoms with Crippen molar-refractivity contribution in [2.75, 3.05) is 11.6 Å². The molecular formula is C122H109N2O14+. The minimum Gasteiger partial charge on any atom is -0.489 e. The van der Waals surface area contributed by atoms with Crippen LogP contribution in [-0.4, -0.2) is 6.67 Å². The molecule has 0 saturated heterocycles. The van der Waals surface area contributed by atoms with E-state index >= 15 is 0 Å². The van der Waals surface area contributed by atoms with Crippen molar-refractivity contribution in [1.82, 2.24) is 4.48 Å². The molecule has 1 atom stereocenters. The van der Waals surface area contributed by atoms with Crippen molar-refractivity contribution in [2.24, 2.45) is 0 Å². The van der Waals surface area contributed by atoms with E-state index in [1.165, 1.54) is 33.6 Å². The van der Waals surface area contributed by atoms with Crippen molar-refractivity contribution >= 4 is 11.4 Å². The molecule has 0 fully saturated rings. The smallest absolute Gasteiger partial charge is 0.160 e. The van der Waals surface area contributed by atoms with Crippen LogP contribution in [0.3, 0.4) is 0 Å². The molecule has 0 N–H and O–H groups in total. The SMILES string of the molecule is Cc1ccc2c(c1)C[N+]1(Cc3cc(OCc4cc(OCc5cc(OCc6ccccc6)cc(OCc6ccccc6)c5)cc(OCc5cc(OCc6ccccc6)cc(OCc6ccccc6)c5)c4)cc(OCc4cc(OCc5cc(OCc6ccccc6)cc(OCc6ccccc6)c5)cc(OCc5cc(OCc6ccccc6)cc(OCc6ccccc6)c5)c4)c3)CN2Cc2cc(C)ccc21. The van der Waals surface area contributed by atoms with Crippen molar-refractivity contribution < 1.29 is 66.3 Å². The largest absolute Gasteiger partial charge is 0.489 e. The highest BCUT2D eigenvalue weighted by atomic mass is 16.5. The summed E-state index contributed by atoms with van der Waals surface area (Å²) >= 11 is 0. The molecule has 690 valence electrons. The van der Waals surface area contributed by atoms with Crippen LogP contribution in [0.2, 0.25) is 0 Å². The molecule has 0 radical (unpaired) electrons. The Kier molecular flexibility index (Phi) is 29.4. The van der Waals surface area contributed by atoms with E-state index in [-0.39, 0.29) is 39.6 Å². The van der Waals surface area contributed by atoms with Gasteiger partial charge in [0.1, 0.15) is 192 Å². The van der Waals surface area contributed by atoms with Gasteiger partial charge < -0.3 is 71.2 Å². The van der Waals surface area contributed by atoms with E-state index in [4.69, 9.17) is 66.3 Å². The number of fused-ring (bicyclic) bond motifs is 6. The summed E-state index contributed by atoms with van der Waals surface area (Å²) in [6.07, 6.45) is 0. The van der Waals surface area contributed by atoms with Crippen LogP contribution in [0.25, 0.3) is 0 Å². The molecule has 0 spiro atoms. The Labute approximate surface area is 807 Å². The van der Waals surface area contributed by atoms with Crippen LogP contribution in [-0.2, 0) is 112 Å². The Morgan fingerprint density at radius 1 is 0.188 bits per heavy atom. The van der Waals surface area contributed by atoms with Gasteiger partial charge in [0.2, 0.25) is 0 Å². The second-order valence-corrected chi connectivity index (χ2v) is 35.2. The number of hydrogen-bond donors (Lipinski definition) is 0. The number of hydrogen-bond acceptors (Lipinski definition) is 15. The van der Waals surface area contributed by atoms with E-state index in [0.29, 0.717) is 144 Å². The Balaban J connectivity index is 0.662. The molecule has 1 unspecified atom stereocenters. The molecule has 2 aliphatic rings. The van der Waals surface area contributed by atoms with E-state index < -0.39 is 0 Å². The van der Waals surface area contributed by atoms with Gasteiger partial charge in [-0.3, -0.25) is 4.48 Å². The van der Waals surface area contributed by atoms with E-state index in [0.717, 1.165) is 103 Å². The summed E-state index contributed by atoms with van der Waals surface area (Å²) in [5.41, 5.74) is 21.8. The third kappa shape index (κ3) is 25.6. The maximum atomic E-state index is 7.25. The molecule has 17 aromatic rings. The lowest BCUT2D eigenvalue weighted by atomic mass is 9.95. The zero-order valence-electron chi connectivity index (χ0n) is 77.5. The van der Waals surface area contributed by atoms with Gasteiger partial charge in [-0.25, -0.2) is 0 Å². The summed E-state index contributed by atoms with van der Waals surface area (Å²) in [6.45, 7) is 11.0. The first kappa shape index (κ1) is 90.8. The fourth-order valence-corrected chi connectivity index (χ4v) is 17.4. The Bertz CT molecular complexity index is 5980. The molecule has 2 bridgehead atoms. The molecule has 0 aromatic heterocycles. The fraction of sp³-hybridized carbons (Fsp3) is 0.164. The Hall–Kier alpha value is -16.3. The standard InChI is InChI=1S/C122H109N2O14/c1-88-43-45-121-106(48-88)72-124(87-123(121)70-105-47-89(2)44-46-122(105)124)71-98-49-107(133-81-103-59-117(135-83-99-51-109(125-73-90-27-11-3-12-28-90)64-110(52-99)126-74-91-29-13-4-14-30-91)68-118(60-103)136-84-100-53-111(127-75-92-31-15-5-16-32-92)65-112(54-100)128-76-93-33-17-6-18-34-93)63-108(50-98)134-82-104-61-119(137-85-101-55-113(129-77-94-35-19-7-20-36-94)66-114(56-101)130-78-95-37-21-8-22-38-95)69-120(62-104)138-86-102-57-115(131-79-96-39-23-9-24-40-96)67-116(58-102)132-80-97-41-25-10-26-42-97/h3-69H,70-87H2,1-2H3/q+1. The van der Waals surface area contributed by atoms with Crippen LogP contribution in [0.4, 0.5) is 11.4 Å². The topological polar surface area (TPSA) is 132 Å². The lowest BCUT2D eigenvalue weighted by molar-refractivity contribution is 0.226. The number of aryl methyl sites for hydroxylation is 2. The Morgan fingerprint density at radius 3 is 0.594 bits per heavy atom. The third-order valence-corrected chi connectivity index (χ3v) is 24.1. The summed E-state index contributed by atoms with van der Waals surface area (Å²) in [5, 5.41) is 0. The molecule has 19 rings (SSSR count). The first-order chi connectivity index (χ1) is 67.9. The van der Waals surface area contributed by atoms with Crippen LogP contribution >= 0.6 is 0 Å². The molecule has 0 aliphatic carbocycles. The molecule has 138 heavy (non-hydrogen) atoms. The van der Waals surface area contributed by atoms with Gasteiger partial charge in [0.15, 0.2) is 6.67 Å².